The first kappa shape index (κ1) is 6.84. The van der Waals surface area contributed by atoms with Gasteiger partial charge in [-0.15, -0.1) is 0 Å². The Morgan fingerprint density at radius 1 is 1.78 bits per heavy atom. The van der Waals surface area contributed by atoms with Gasteiger partial charge < -0.3 is 5.73 Å². The molecule has 9 heavy (non-hydrogen) atoms. The average Bonchev–Trinajstić information content (AvgIpc) is 1.90. The van der Waals surface area contributed by atoms with E-state index in [9.17, 15) is 0 Å². The number of halogens is 1. The van der Waals surface area contributed by atoms with Gasteiger partial charge in [0.1, 0.15) is 0 Å². The normalized spacial score (nSPS) is 26.0. The molecule has 1 nitrogen and oxygen atoms in total. The third-order valence-electron chi connectivity index (χ3n) is 1.45. The highest BCUT2D eigenvalue weighted by Crippen LogP contribution is 2.16. The van der Waals surface area contributed by atoms with Crippen LogP contribution in [0.1, 0.15) is 6.42 Å². The Balaban J connectivity index is 2.48. The molecule has 0 aromatic rings. The minimum absolute atomic E-state index is 0.507. The van der Waals surface area contributed by atoms with E-state index in [2.05, 4.69) is 6.08 Å². The fourth-order valence-electron chi connectivity index (χ4n) is 0.813. The van der Waals surface area contributed by atoms with Gasteiger partial charge in [-0.25, -0.2) is 0 Å². The summed E-state index contributed by atoms with van der Waals surface area (Å²) in [7, 11) is 0. The van der Waals surface area contributed by atoms with Crippen molar-refractivity contribution >= 4 is 11.6 Å². The molecule has 0 radical (unpaired) electrons. The Hall–Kier alpha value is -0.270. The largest absolute Gasteiger partial charge is 0.330 e. The first-order valence-electron chi connectivity index (χ1n) is 3.07. The number of hydrogen-bond donors (Lipinski definition) is 1. The second-order valence-corrected chi connectivity index (χ2v) is 2.62. The minimum Gasteiger partial charge on any atom is -0.330 e. The molecule has 2 N–H and O–H groups in total. The van der Waals surface area contributed by atoms with Crippen LogP contribution in [-0.4, -0.2) is 6.54 Å². The molecule has 0 heterocycles. The van der Waals surface area contributed by atoms with Gasteiger partial charge in [0.05, 0.1) is 0 Å². The lowest BCUT2D eigenvalue weighted by molar-refractivity contribution is 0.668. The summed E-state index contributed by atoms with van der Waals surface area (Å²) in [5.41, 5.74) is 5.43. The van der Waals surface area contributed by atoms with Crippen molar-refractivity contribution < 1.29 is 0 Å². The maximum absolute atomic E-state index is 5.67. The van der Waals surface area contributed by atoms with Crippen molar-refractivity contribution in [1.29, 1.82) is 0 Å². The number of hydrogen-bond acceptors (Lipinski definition) is 1. The third kappa shape index (κ3) is 1.84. The maximum atomic E-state index is 5.67. The molecule has 0 saturated heterocycles. The Labute approximate surface area is 60.2 Å². The van der Waals surface area contributed by atoms with Gasteiger partial charge in [-0.3, -0.25) is 0 Å². The molecule has 0 aromatic heterocycles. The molecular weight excluding hydrogens is 134 g/mol. The van der Waals surface area contributed by atoms with Gasteiger partial charge in [0.25, 0.3) is 0 Å². The first-order chi connectivity index (χ1) is 4.33. The van der Waals surface area contributed by atoms with Gasteiger partial charge >= 0.3 is 0 Å². The molecule has 2 heteroatoms. The number of allylic oxidation sites excluding steroid dienone is 3. The number of rotatable bonds is 1. The molecule has 0 spiro atoms. The van der Waals surface area contributed by atoms with Crippen molar-refractivity contribution in [3.05, 3.63) is 23.3 Å². The van der Waals surface area contributed by atoms with Gasteiger partial charge in [-0.05, 0) is 25.0 Å². The van der Waals surface area contributed by atoms with E-state index < -0.39 is 0 Å². The predicted octanol–water partition coefficient (Wildman–Crippen LogP) is 1.64. The topological polar surface area (TPSA) is 26.0 Å². The smallest absolute Gasteiger partial charge is 0.0363 e. The number of nitrogens with two attached hydrogens (primary N) is 1. The highest BCUT2D eigenvalue weighted by Gasteiger charge is 2.03. The molecular formula is C7H10ClN. The Bertz CT molecular complexity index is 149. The summed E-state index contributed by atoms with van der Waals surface area (Å²) < 4.78 is 0. The quantitative estimate of drug-likeness (QED) is 0.594. The highest BCUT2D eigenvalue weighted by atomic mass is 35.5. The van der Waals surface area contributed by atoms with Crippen LogP contribution in [0.5, 0.6) is 0 Å². The first-order valence-corrected chi connectivity index (χ1v) is 3.44. The van der Waals surface area contributed by atoms with E-state index in [1.807, 2.05) is 12.2 Å². The molecule has 0 aliphatic heterocycles. The van der Waals surface area contributed by atoms with E-state index in [0.717, 1.165) is 18.0 Å². The fourth-order valence-corrected chi connectivity index (χ4v) is 0.975. The average molecular weight is 144 g/mol. The summed E-state index contributed by atoms with van der Waals surface area (Å²) in [4.78, 5) is 0. The second kappa shape index (κ2) is 3.04. The standard InChI is InChI=1S/C7H10ClN/c8-7-3-1-6(5-9)2-4-7/h1,3-4,6H,2,5,9H2. The van der Waals surface area contributed by atoms with Crippen LogP contribution in [0.3, 0.4) is 0 Å². The van der Waals surface area contributed by atoms with Gasteiger partial charge in [0.2, 0.25) is 0 Å². The van der Waals surface area contributed by atoms with Crippen LogP contribution in [0.15, 0.2) is 23.3 Å². The van der Waals surface area contributed by atoms with Crippen molar-refractivity contribution in [1.82, 2.24) is 0 Å². The third-order valence-corrected chi connectivity index (χ3v) is 1.73. The van der Waals surface area contributed by atoms with E-state index in [0.29, 0.717) is 5.92 Å². The summed E-state index contributed by atoms with van der Waals surface area (Å²) in [6.07, 6.45) is 6.95. The molecule has 1 rings (SSSR count). The summed E-state index contributed by atoms with van der Waals surface area (Å²) in [5.74, 6) is 0.507. The fraction of sp³-hybridized carbons (Fsp3) is 0.429. The second-order valence-electron chi connectivity index (χ2n) is 2.18. The Morgan fingerprint density at radius 2 is 2.56 bits per heavy atom. The van der Waals surface area contributed by atoms with Gasteiger partial charge in [-0.1, -0.05) is 23.8 Å². The van der Waals surface area contributed by atoms with Crippen molar-refractivity contribution in [3.63, 3.8) is 0 Å². The zero-order valence-electron chi connectivity index (χ0n) is 5.18. The summed E-state index contributed by atoms with van der Waals surface area (Å²) in [5, 5.41) is 0.833. The summed E-state index contributed by atoms with van der Waals surface area (Å²) in [6.45, 7) is 0.719. The van der Waals surface area contributed by atoms with Gasteiger partial charge in [-0.2, -0.15) is 0 Å². The minimum atomic E-state index is 0.507. The van der Waals surface area contributed by atoms with Crippen LogP contribution < -0.4 is 5.73 Å². The lowest BCUT2D eigenvalue weighted by atomic mass is 10.0. The SMILES string of the molecule is NCC1C=CC(Cl)=CC1. The lowest BCUT2D eigenvalue weighted by Gasteiger charge is -2.09. The van der Waals surface area contributed by atoms with Crippen molar-refractivity contribution in [3.8, 4) is 0 Å². The zero-order valence-corrected chi connectivity index (χ0v) is 5.93. The molecule has 1 aliphatic carbocycles. The molecule has 0 saturated carbocycles. The lowest BCUT2D eigenvalue weighted by Crippen LogP contribution is -2.12. The van der Waals surface area contributed by atoms with Crippen LogP contribution >= 0.6 is 11.6 Å². The highest BCUT2D eigenvalue weighted by molar-refractivity contribution is 6.31. The maximum Gasteiger partial charge on any atom is 0.0363 e. The van der Waals surface area contributed by atoms with Crippen molar-refractivity contribution in [2.75, 3.05) is 6.54 Å². The Kier molecular flexibility index (Phi) is 2.31. The van der Waals surface area contributed by atoms with Crippen LogP contribution in [0.2, 0.25) is 0 Å². The Morgan fingerprint density at radius 3 is 3.00 bits per heavy atom. The molecule has 0 amide bonds. The van der Waals surface area contributed by atoms with E-state index >= 15 is 0 Å². The van der Waals surface area contributed by atoms with Crippen molar-refractivity contribution in [2.45, 2.75) is 6.42 Å². The van der Waals surface area contributed by atoms with Crippen LogP contribution in [0.25, 0.3) is 0 Å². The molecule has 1 unspecified atom stereocenters. The van der Waals surface area contributed by atoms with Crippen LogP contribution in [-0.2, 0) is 0 Å². The van der Waals surface area contributed by atoms with E-state index in [4.69, 9.17) is 17.3 Å². The van der Waals surface area contributed by atoms with Gasteiger partial charge in [0.15, 0.2) is 0 Å². The predicted molar refractivity (Wildman–Crippen MR) is 40.2 cm³/mol. The van der Waals surface area contributed by atoms with Crippen molar-refractivity contribution in [2.24, 2.45) is 11.7 Å². The van der Waals surface area contributed by atoms with E-state index in [1.54, 1.807) is 0 Å². The molecule has 1 atom stereocenters. The van der Waals surface area contributed by atoms with Gasteiger partial charge in [0, 0.05) is 5.03 Å². The molecule has 50 valence electrons. The molecule has 0 aromatic carbocycles. The van der Waals surface area contributed by atoms with Crippen LogP contribution in [0, 0.1) is 5.92 Å². The molecule has 0 bridgehead atoms. The molecule has 0 fully saturated rings. The summed E-state index contributed by atoms with van der Waals surface area (Å²) in [6, 6.07) is 0. The zero-order chi connectivity index (χ0) is 6.69. The van der Waals surface area contributed by atoms with E-state index in [1.165, 1.54) is 0 Å². The monoisotopic (exact) mass is 143 g/mol. The van der Waals surface area contributed by atoms with E-state index in [-0.39, 0.29) is 0 Å². The molecule has 1 aliphatic rings. The van der Waals surface area contributed by atoms with Crippen LogP contribution in [0.4, 0.5) is 0 Å². The summed E-state index contributed by atoms with van der Waals surface area (Å²) >= 11 is 5.67.